The van der Waals surface area contributed by atoms with Crippen LogP contribution in [0, 0.1) is 5.92 Å². The first-order chi connectivity index (χ1) is 9.50. The Morgan fingerprint density at radius 2 is 1.90 bits per heavy atom. The van der Waals surface area contributed by atoms with E-state index in [1.165, 1.54) is 36.5 Å². The van der Waals surface area contributed by atoms with E-state index in [2.05, 4.69) is 44.5 Å². The zero-order valence-electron chi connectivity index (χ0n) is 13.9. The normalized spacial score (nSPS) is 16.8. The van der Waals surface area contributed by atoms with Crippen molar-refractivity contribution in [3.05, 3.63) is 17.2 Å². The Morgan fingerprint density at radius 1 is 1.15 bits per heavy atom. The molecular formula is C17H31N3. The molecule has 0 radical (unpaired) electrons. The highest BCUT2D eigenvalue weighted by Crippen LogP contribution is 2.28. The topological polar surface area (TPSA) is 29.9 Å². The smallest absolute Gasteiger partial charge is 0.112 e. The molecule has 2 rings (SSSR count). The average Bonchev–Trinajstić information content (AvgIpc) is 2.77. The SMILES string of the molecule is CC(C)CCCC(C)n1c(C(C)C)nc2c1CCNC2. The second-order valence-corrected chi connectivity index (χ2v) is 6.99. The molecule has 1 N–H and O–H groups in total. The first-order valence-corrected chi connectivity index (χ1v) is 8.31. The Labute approximate surface area is 124 Å². The zero-order valence-corrected chi connectivity index (χ0v) is 13.9. The molecule has 2 heterocycles. The van der Waals surface area contributed by atoms with Crippen LogP contribution in [0.25, 0.3) is 0 Å². The van der Waals surface area contributed by atoms with Crippen LogP contribution in [0.15, 0.2) is 0 Å². The van der Waals surface area contributed by atoms with E-state index in [-0.39, 0.29) is 0 Å². The van der Waals surface area contributed by atoms with Crippen LogP contribution < -0.4 is 5.32 Å². The van der Waals surface area contributed by atoms with Crippen molar-refractivity contribution >= 4 is 0 Å². The summed E-state index contributed by atoms with van der Waals surface area (Å²) < 4.78 is 2.56. The molecule has 20 heavy (non-hydrogen) atoms. The fourth-order valence-corrected chi connectivity index (χ4v) is 3.20. The van der Waals surface area contributed by atoms with E-state index < -0.39 is 0 Å². The molecule has 1 aliphatic rings. The fourth-order valence-electron chi connectivity index (χ4n) is 3.20. The van der Waals surface area contributed by atoms with Crippen LogP contribution in [0.4, 0.5) is 0 Å². The number of nitrogens with zero attached hydrogens (tertiary/aromatic N) is 2. The predicted molar refractivity (Wildman–Crippen MR) is 85.1 cm³/mol. The van der Waals surface area contributed by atoms with Crippen LogP contribution in [-0.2, 0) is 13.0 Å². The summed E-state index contributed by atoms with van der Waals surface area (Å²) in [7, 11) is 0. The van der Waals surface area contributed by atoms with Gasteiger partial charge >= 0.3 is 0 Å². The molecule has 0 saturated heterocycles. The van der Waals surface area contributed by atoms with Crippen molar-refractivity contribution in [3.8, 4) is 0 Å². The van der Waals surface area contributed by atoms with Crippen LogP contribution in [0.3, 0.4) is 0 Å². The van der Waals surface area contributed by atoms with E-state index in [1.54, 1.807) is 0 Å². The molecule has 0 aromatic carbocycles. The second-order valence-electron chi connectivity index (χ2n) is 6.99. The molecule has 0 fully saturated rings. The van der Waals surface area contributed by atoms with Crippen LogP contribution in [0.2, 0.25) is 0 Å². The van der Waals surface area contributed by atoms with Crippen molar-refractivity contribution in [2.24, 2.45) is 5.92 Å². The molecular weight excluding hydrogens is 246 g/mol. The maximum atomic E-state index is 4.91. The molecule has 0 spiro atoms. The van der Waals surface area contributed by atoms with Gasteiger partial charge in [0.05, 0.1) is 5.69 Å². The van der Waals surface area contributed by atoms with Crippen molar-refractivity contribution in [3.63, 3.8) is 0 Å². The summed E-state index contributed by atoms with van der Waals surface area (Å²) in [6, 6.07) is 0.584. The highest BCUT2D eigenvalue weighted by atomic mass is 15.1. The zero-order chi connectivity index (χ0) is 14.7. The number of rotatable bonds is 6. The summed E-state index contributed by atoms with van der Waals surface area (Å²) in [5.41, 5.74) is 2.78. The van der Waals surface area contributed by atoms with E-state index in [0.717, 1.165) is 25.4 Å². The van der Waals surface area contributed by atoms with Crippen molar-refractivity contribution < 1.29 is 0 Å². The van der Waals surface area contributed by atoms with Crippen molar-refractivity contribution in [1.82, 2.24) is 14.9 Å². The van der Waals surface area contributed by atoms with Gasteiger partial charge in [0.2, 0.25) is 0 Å². The van der Waals surface area contributed by atoms with E-state index >= 15 is 0 Å². The van der Waals surface area contributed by atoms with Gasteiger partial charge in [-0.05, 0) is 19.3 Å². The van der Waals surface area contributed by atoms with Crippen molar-refractivity contribution in [2.45, 2.75) is 78.8 Å². The number of fused-ring (bicyclic) bond motifs is 1. The molecule has 1 atom stereocenters. The molecule has 1 aromatic rings. The first kappa shape index (κ1) is 15.6. The molecule has 3 nitrogen and oxygen atoms in total. The summed E-state index contributed by atoms with van der Waals surface area (Å²) in [5, 5.41) is 3.44. The lowest BCUT2D eigenvalue weighted by Gasteiger charge is -2.23. The number of imidazole rings is 1. The van der Waals surface area contributed by atoms with Gasteiger partial charge in [0, 0.05) is 37.2 Å². The summed E-state index contributed by atoms with van der Waals surface area (Å²) in [6.07, 6.45) is 5.05. The Bertz CT molecular complexity index is 432. The molecule has 0 aliphatic carbocycles. The summed E-state index contributed by atoms with van der Waals surface area (Å²) >= 11 is 0. The highest BCUT2D eigenvalue weighted by Gasteiger charge is 2.23. The Hall–Kier alpha value is -0.830. The summed E-state index contributed by atoms with van der Waals surface area (Å²) in [4.78, 5) is 4.91. The first-order valence-electron chi connectivity index (χ1n) is 8.31. The minimum atomic E-state index is 0.508. The Balaban J connectivity index is 2.17. The minimum Gasteiger partial charge on any atom is -0.329 e. The van der Waals surface area contributed by atoms with E-state index in [0.29, 0.717) is 12.0 Å². The highest BCUT2D eigenvalue weighted by molar-refractivity contribution is 5.22. The van der Waals surface area contributed by atoms with E-state index in [1.807, 2.05) is 0 Å². The molecule has 1 aromatic heterocycles. The summed E-state index contributed by atoms with van der Waals surface area (Å²) in [6.45, 7) is 13.6. The summed E-state index contributed by atoms with van der Waals surface area (Å²) in [5.74, 6) is 2.61. The van der Waals surface area contributed by atoms with Gasteiger partial charge in [-0.15, -0.1) is 0 Å². The quantitative estimate of drug-likeness (QED) is 0.850. The number of hydrogen-bond donors (Lipinski definition) is 1. The van der Waals surface area contributed by atoms with Crippen LogP contribution in [0.1, 0.15) is 83.1 Å². The van der Waals surface area contributed by atoms with Gasteiger partial charge < -0.3 is 9.88 Å². The van der Waals surface area contributed by atoms with Gasteiger partial charge in [-0.3, -0.25) is 0 Å². The maximum Gasteiger partial charge on any atom is 0.112 e. The van der Waals surface area contributed by atoms with Gasteiger partial charge in [0.15, 0.2) is 0 Å². The van der Waals surface area contributed by atoms with Crippen LogP contribution >= 0.6 is 0 Å². The fraction of sp³-hybridized carbons (Fsp3) is 0.824. The lowest BCUT2D eigenvalue weighted by atomic mass is 10.0. The van der Waals surface area contributed by atoms with Crippen LogP contribution in [-0.4, -0.2) is 16.1 Å². The van der Waals surface area contributed by atoms with Gasteiger partial charge in [-0.2, -0.15) is 0 Å². The predicted octanol–water partition coefficient (Wildman–Crippen LogP) is 4.04. The maximum absolute atomic E-state index is 4.91. The van der Waals surface area contributed by atoms with Gasteiger partial charge in [-0.25, -0.2) is 4.98 Å². The van der Waals surface area contributed by atoms with Gasteiger partial charge in [0.25, 0.3) is 0 Å². The van der Waals surface area contributed by atoms with E-state index in [9.17, 15) is 0 Å². The van der Waals surface area contributed by atoms with Gasteiger partial charge in [-0.1, -0.05) is 40.5 Å². The number of aromatic nitrogens is 2. The third-order valence-corrected chi connectivity index (χ3v) is 4.31. The minimum absolute atomic E-state index is 0.508. The molecule has 0 bridgehead atoms. The van der Waals surface area contributed by atoms with Crippen LogP contribution in [0.5, 0.6) is 0 Å². The molecule has 1 unspecified atom stereocenters. The van der Waals surface area contributed by atoms with Crippen molar-refractivity contribution in [2.75, 3.05) is 6.54 Å². The third-order valence-electron chi connectivity index (χ3n) is 4.31. The molecule has 0 amide bonds. The largest absolute Gasteiger partial charge is 0.329 e. The number of nitrogens with one attached hydrogen (secondary N) is 1. The Kier molecular flexibility index (Phi) is 5.25. The Morgan fingerprint density at radius 3 is 2.55 bits per heavy atom. The lowest BCUT2D eigenvalue weighted by molar-refractivity contribution is 0.420. The van der Waals surface area contributed by atoms with Gasteiger partial charge in [0.1, 0.15) is 5.82 Å². The standard InChI is InChI=1S/C17H31N3/c1-12(2)7-6-8-14(5)20-16-9-10-18-11-15(16)19-17(20)13(3)4/h12-14,18H,6-11H2,1-5H3. The lowest BCUT2D eigenvalue weighted by Crippen LogP contribution is -2.26. The van der Waals surface area contributed by atoms with Crippen molar-refractivity contribution in [1.29, 1.82) is 0 Å². The average molecular weight is 277 g/mol. The molecule has 1 aliphatic heterocycles. The molecule has 114 valence electrons. The number of hydrogen-bond acceptors (Lipinski definition) is 2. The van der Waals surface area contributed by atoms with E-state index in [4.69, 9.17) is 4.98 Å². The molecule has 3 heteroatoms. The molecule has 0 saturated carbocycles. The second kappa shape index (κ2) is 6.75. The third kappa shape index (κ3) is 3.43. The monoisotopic (exact) mass is 277 g/mol.